The second-order valence-electron chi connectivity index (χ2n) is 4.68. The summed E-state index contributed by atoms with van der Waals surface area (Å²) in [6.45, 7) is 3.55. The number of carbonyl (C=O) groups excluding carboxylic acids is 1. The van der Waals surface area contributed by atoms with E-state index in [1.54, 1.807) is 6.08 Å². The van der Waals surface area contributed by atoms with Crippen molar-refractivity contribution in [1.29, 1.82) is 0 Å². The highest BCUT2D eigenvalue weighted by atomic mass is 32.1. The fourth-order valence-electron chi connectivity index (χ4n) is 2.17. The Kier molecular flexibility index (Phi) is 4.37. The van der Waals surface area contributed by atoms with Gasteiger partial charge in [-0.1, -0.05) is 0 Å². The Bertz CT molecular complexity index is 513. The molecule has 102 valence electrons. The number of rotatable bonds is 3. The topological polar surface area (TPSA) is 57.6 Å². The summed E-state index contributed by atoms with van der Waals surface area (Å²) in [6.07, 6.45) is 5.99. The van der Waals surface area contributed by atoms with Gasteiger partial charge >= 0.3 is 5.97 Å². The van der Waals surface area contributed by atoms with Gasteiger partial charge in [0.25, 0.3) is 5.91 Å². The summed E-state index contributed by atoms with van der Waals surface area (Å²) in [5.74, 6) is -0.903. The Hall–Kier alpha value is -1.62. The van der Waals surface area contributed by atoms with E-state index in [0.29, 0.717) is 4.88 Å². The molecule has 1 amide bonds. The minimum atomic E-state index is -0.975. The lowest BCUT2D eigenvalue weighted by molar-refractivity contribution is -0.131. The summed E-state index contributed by atoms with van der Waals surface area (Å²) in [6, 6.07) is 1.85. The highest BCUT2D eigenvalue weighted by Gasteiger charge is 2.20. The predicted octanol–water partition coefficient (Wildman–Crippen LogP) is 2.78. The van der Waals surface area contributed by atoms with Crippen LogP contribution in [0.25, 0.3) is 6.08 Å². The van der Waals surface area contributed by atoms with Gasteiger partial charge in [0.1, 0.15) is 0 Å². The largest absolute Gasteiger partial charge is 0.478 e. The molecule has 1 fully saturated rings. The Balaban J connectivity index is 2.14. The number of aliphatic carboxylic acids is 1. The van der Waals surface area contributed by atoms with Gasteiger partial charge in [-0.25, -0.2) is 4.79 Å². The molecule has 0 aliphatic carbocycles. The zero-order valence-corrected chi connectivity index (χ0v) is 11.7. The lowest BCUT2D eigenvalue weighted by Crippen LogP contribution is -2.35. The molecule has 0 bridgehead atoms. The Morgan fingerprint density at radius 3 is 2.63 bits per heavy atom. The van der Waals surface area contributed by atoms with Crippen LogP contribution in [0.3, 0.4) is 0 Å². The highest BCUT2D eigenvalue weighted by molar-refractivity contribution is 7.15. The molecule has 2 rings (SSSR count). The summed E-state index contributed by atoms with van der Waals surface area (Å²) in [5, 5.41) is 8.63. The molecule has 1 aliphatic heterocycles. The molecular weight excluding hydrogens is 262 g/mol. The van der Waals surface area contributed by atoms with Crippen LogP contribution in [0.2, 0.25) is 0 Å². The van der Waals surface area contributed by atoms with Gasteiger partial charge in [0.15, 0.2) is 0 Å². The second-order valence-corrected chi connectivity index (χ2v) is 5.77. The standard InChI is InChI=1S/C14H17NO3S/c1-10-9-12(19-11(10)5-6-13(16)17)14(18)15-7-3-2-4-8-15/h5-6,9H,2-4,7-8H2,1H3,(H,16,17)/b6-5+. The van der Waals surface area contributed by atoms with E-state index in [-0.39, 0.29) is 5.91 Å². The molecule has 19 heavy (non-hydrogen) atoms. The maximum absolute atomic E-state index is 12.3. The third-order valence-corrected chi connectivity index (χ3v) is 4.38. The fraction of sp³-hybridized carbons (Fsp3) is 0.429. The van der Waals surface area contributed by atoms with E-state index < -0.39 is 5.97 Å². The van der Waals surface area contributed by atoms with Crippen LogP contribution in [-0.4, -0.2) is 35.0 Å². The molecular formula is C14H17NO3S. The van der Waals surface area contributed by atoms with Crippen molar-refractivity contribution in [1.82, 2.24) is 4.90 Å². The number of hydrogen-bond donors (Lipinski definition) is 1. The number of carbonyl (C=O) groups is 2. The van der Waals surface area contributed by atoms with Crippen LogP contribution in [-0.2, 0) is 4.79 Å². The van der Waals surface area contributed by atoms with Crippen LogP contribution >= 0.6 is 11.3 Å². The molecule has 4 nitrogen and oxygen atoms in total. The van der Waals surface area contributed by atoms with Gasteiger partial charge in [-0.2, -0.15) is 0 Å². The molecule has 1 N–H and O–H groups in total. The third kappa shape index (κ3) is 3.44. The van der Waals surface area contributed by atoms with E-state index in [1.807, 2.05) is 17.9 Å². The predicted molar refractivity (Wildman–Crippen MR) is 75.5 cm³/mol. The molecule has 0 aromatic carbocycles. The first-order chi connectivity index (χ1) is 9.08. The number of aryl methyl sites for hydroxylation is 1. The number of nitrogens with zero attached hydrogens (tertiary/aromatic N) is 1. The second kappa shape index (κ2) is 6.02. The van der Waals surface area contributed by atoms with Gasteiger partial charge in [-0.3, -0.25) is 4.79 Å². The van der Waals surface area contributed by atoms with Crippen LogP contribution in [0.15, 0.2) is 12.1 Å². The number of amides is 1. The smallest absolute Gasteiger partial charge is 0.328 e. The highest BCUT2D eigenvalue weighted by Crippen LogP contribution is 2.25. The Morgan fingerprint density at radius 2 is 2.00 bits per heavy atom. The molecule has 0 unspecified atom stereocenters. The SMILES string of the molecule is Cc1cc(C(=O)N2CCCCC2)sc1/C=C/C(=O)O. The van der Waals surface area contributed by atoms with Crippen molar-refractivity contribution in [3.63, 3.8) is 0 Å². The van der Waals surface area contributed by atoms with Crippen LogP contribution in [0.4, 0.5) is 0 Å². The van der Waals surface area contributed by atoms with Crippen molar-refractivity contribution in [2.45, 2.75) is 26.2 Å². The van der Waals surface area contributed by atoms with E-state index >= 15 is 0 Å². The summed E-state index contributed by atoms with van der Waals surface area (Å²) in [4.78, 5) is 26.2. The molecule has 2 heterocycles. The molecule has 1 aliphatic rings. The molecule has 1 aromatic heterocycles. The zero-order chi connectivity index (χ0) is 13.8. The van der Waals surface area contributed by atoms with Gasteiger partial charge < -0.3 is 10.0 Å². The van der Waals surface area contributed by atoms with E-state index in [0.717, 1.165) is 42.4 Å². The summed E-state index contributed by atoms with van der Waals surface area (Å²) in [5.41, 5.74) is 0.947. The maximum atomic E-state index is 12.3. The fourth-order valence-corrected chi connectivity index (χ4v) is 3.21. The molecule has 0 radical (unpaired) electrons. The molecule has 5 heteroatoms. The van der Waals surface area contributed by atoms with Gasteiger partial charge in [0, 0.05) is 24.0 Å². The van der Waals surface area contributed by atoms with Crippen molar-refractivity contribution >= 4 is 29.3 Å². The number of hydrogen-bond acceptors (Lipinski definition) is 3. The third-order valence-electron chi connectivity index (χ3n) is 3.19. The number of carboxylic acids is 1. The molecule has 0 saturated carbocycles. The van der Waals surface area contributed by atoms with E-state index in [9.17, 15) is 9.59 Å². The average Bonchev–Trinajstić information content (AvgIpc) is 2.78. The first-order valence-corrected chi connectivity index (χ1v) is 7.20. The Morgan fingerprint density at radius 1 is 1.32 bits per heavy atom. The van der Waals surface area contributed by atoms with Crippen molar-refractivity contribution in [2.75, 3.05) is 13.1 Å². The minimum absolute atomic E-state index is 0.0720. The van der Waals surface area contributed by atoms with E-state index in [4.69, 9.17) is 5.11 Å². The molecule has 1 saturated heterocycles. The quantitative estimate of drug-likeness (QED) is 0.866. The van der Waals surface area contributed by atoms with Crippen LogP contribution in [0.1, 0.15) is 39.4 Å². The average molecular weight is 279 g/mol. The molecule has 0 spiro atoms. The maximum Gasteiger partial charge on any atom is 0.328 e. The van der Waals surface area contributed by atoms with Gasteiger partial charge in [0.2, 0.25) is 0 Å². The molecule has 0 atom stereocenters. The molecule has 1 aromatic rings. The number of carboxylic acid groups (broad SMARTS) is 1. The Labute approximate surface area is 116 Å². The van der Waals surface area contributed by atoms with Gasteiger partial charge in [-0.15, -0.1) is 11.3 Å². The van der Waals surface area contributed by atoms with Crippen molar-refractivity contribution in [3.05, 3.63) is 27.5 Å². The van der Waals surface area contributed by atoms with Gasteiger partial charge in [0.05, 0.1) is 4.88 Å². The zero-order valence-electron chi connectivity index (χ0n) is 10.9. The number of likely N-dealkylation sites (tertiary alicyclic amines) is 1. The van der Waals surface area contributed by atoms with Gasteiger partial charge in [-0.05, 0) is 43.9 Å². The van der Waals surface area contributed by atoms with E-state index in [1.165, 1.54) is 17.8 Å². The minimum Gasteiger partial charge on any atom is -0.478 e. The first kappa shape index (κ1) is 13.8. The van der Waals surface area contributed by atoms with Crippen molar-refractivity contribution in [3.8, 4) is 0 Å². The monoisotopic (exact) mass is 279 g/mol. The summed E-state index contributed by atoms with van der Waals surface area (Å²) < 4.78 is 0. The summed E-state index contributed by atoms with van der Waals surface area (Å²) in [7, 11) is 0. The lowest BCUT2D eigenvalue weighted by atomic mass is 10.1. The normalized spacial score (nSPS) is 15.9. The number of thiophene rings is 1. The number of piperidine rings is 1. The van der Waals surface area contributed by atoms with E-state index in [2.05, 4.69) is 0 Å². The van der Waals surface area contributed by atoms with Crippen molar-refractivity contribution < 1.29 is 14.7 Å². The summed E-state index contributed by atoms with van der Waals surface area (Å²) >= 11 is 1.36. The van der Waals surface area contributed by atoms with Crippen LogP contribution in [0, 0.1) is 6.92 Å². The van der Waals surface area contributed by atoms with Crippen LogP contribution < -0.4 is 0 Å². The first-order valence-electron chi connectivity index (χ1n) is 6.38. The lowest BCUT2D eigenvalue weighted by Gasteiger charge is -2.26. The van der Waals surface area contributed by atoms with Crippen molar-refractivity contribution in [2.24, 2.45) is 0 Å². The van der Waals surface area contributed by atoms with Crippen LogP contribution in [0.5, 0.6) is 0 Å².